The van der Waals surface area contributed by atoms with E-state index in [-0.39, 0.29) is 6.03 Å². The molecule has 2 amide bonds. The summed E-state index contributed by atoms with van der Waals surface area (Å²) in [5.74, 6) is 0. The fraction of sp³-hybridized carbons (Fsp3) is 0.533. The van der Waals surface area contributed by atoms with Crippen LogP contribution in [0.5, 0.6) is 0 Å². The van der Waals surface area contributed by atoms with Crippen LogP contribution in [0, 0.1) is 0 Å². The molecule has 0 aliphatic heterocycles. The number of carbonyl (C=O) groups is 1. The molecular formula is C15H23N3O. The van der Waals surface area contributed by atoms with E-state index in [1.807, 2.05) is 31.3 Å². The average molecular weight is 261 g/mol. The summed E-state index contributed by atoms with van der Waals surface area (Å²) < 4.78 is 0. The third kappa shape index (κ3) is 3.88. The Hall–Kier alpha value is -1.71. The number of hydrogen-bond acceptors (Lipinski definition) is 2. The van der Waals surface area contributed by atoms with Crippen LogP contribution in [0.15, 0.2) is 24.3 Å². The van der Waals surface area contributed by atoms with Gasteiger partial charge in [0.1, 0.15) is 0 Å². The molecule has 19 heavy (non-hydrogen) atoms. The van der Waals surface area contributed by atoms with Gasteiger partial charge in [-0.05, 0) is 24.5 Å². The Kier molecular flexibility index (Phi) is 4.66. The van der Waals surface area contributed by atoms with Crippen LogP contribution in [0.4, 0.5) is 10.5 Å². The Morgan fingerprint density at radius 3 is 2.68 bits per heavy atom. The van der Waals surface area contributed by atoms with Gasteiger partial charge in [-0.3, -0.25) is 0 Å². The largest absolute Gasteiger partial charge is 0.398 e. The number of hydrogen-bond donors (Lipinski definition) is 2. The van der Waals surface area contributed by atoms with Crippen molar-refractivity contribution in [3.63, 3.8) is 0 Å². The van der Waals surface area contributed by atoms with Gasteiger partial charge >= 0.3 is 6.03 Å². The number of nitrogens with one attached hydrogen (secondary N) is 1. The highest BCUT2D eigenvalue weighted by molar-refractivity contribution is 5.74. The van der Waals surface area contributed by atoms with Gasteiger partial charge in [-0.15, -0.1) is 0 Å². The van der Waals surface area contributed by atoms with Gasteiger partial charge in [0.05, 0.1) is 0 Å². The van der Waals surface area contributed by atoms with Crippen LogP contribution in [0.1, 0.15) is 37.7 Å². The highest BCUT2D eigenvalue weighted by atomic mass is 16.2. The van der Waals surface area contributed by atoms with Gasteiger partial charge in [-0.25, -0.2) is 4.79 Å². The van der Waals surface area contributed by atoms with Gasteiger partial charge in [0.2, 0.25) is 0 Å². The summed E-state index contributed by atoms with van der Waals surface area (Å²) in [6.07, 6.45) is 5.95. The van der Waals surface area contributed by atoms with Crippen LogP contribution in [-0.4, -0.2) is 24.0 Å². The van der Waals surface area contributed by atoms with Crippen molar-refractivity contribution in [2.24, 2.45) is 0 Å². The zero-order valence-electron chi connectivity index (χ0n) is 11.6. The molecule has 1 aromatic carbocycles. The molecule has 3 N–H and O–H groups in total. The molecule has 1 aliphatic rings. The van der Waals surface area contributed by atoms with E-state index < -0.39 is 0 Å². The van der Waals surface area contributed by atoms with E-state index >= 15 is 0 Å². The van der Waals surface area contributed by atoms with Gasteiger partial charge in [-0.1, -0.05) is 37.5 Å². The predicted molar refractivity (Wildman–Crippen MR) is 77.7 cm³/mol. The van der Waals surface area contributed by atoms with E-state index in [1.54, 1.807) is 4.90 Å². The van der Waals surface area contributed by atoms with Crippen molar-refractivity contribution in [2.45, 2.75) is 44.7 Å². The number of nitrogen functional groups attached to an aromatic ring is 1. The second-order valence-corrected chi connectivity index (χ2v) is 5.34. The molecule has 0 saturated heterocycles. The molecule has 1 saturated carbocycles. The minimum absolute atomic E-state index is 0.00449. The molecule has 1 aromatic rings. The minimum atomic E-state index is -0.00449. The highest BCUT2D eigenvalue weighted by Gasteiger charge is 2.18. The monoisotopic (exact) mass is 261 g/mol. The lowest BCUT2D eigenvalue weighted by Gasteiger charge is -2.26. The van der Waals surface area contributed by atoms with Crippen LogP contribution in [0.25, 0.3) is 0 Å². The summed E-state index contributed by atoms with van der Waals surface area (Å²) in [6.45, 7) is 0.547. The summed E-state index contributed by atoms with van der Waals surface area (Å²) in [6, 6.07) is 8.01. The number of carbonyl (C=O) groups excluding carboxylic acids is 1. The maximum absolute atomic E-state index is 12.1. The predicted octanol–water partition coefficient (Wildman–Crippen LogP) is 2.74. The number of benzene rings is 1. The normalized spacial score (nSPS) is 16.1. The lowest BCUT2D eigenvalue weighted by atomic mass is 9.96. The molecule has 0 atom stereocenters. The standard InChI is InChI=1S/C15H23N3O/c1-18(11-12-7-5-6-10-14(12)16)15(19)17-13-8-3-2-4-9-13/h5-7,10,13H,2-4,8-9,11,16H2,1H3,(H,17,19). The van der Waals surface area contributed by atoms with Crippen LogP contribution >= 0.6 is 0 Å². The van der Waals surface area contributed by atoms with Crippen molar-refractivity contribution in [1.29, 1.82) is 0 Å². The van der Waals surface area contributed by atoms with Crippen molar-refractivity contribution in [3.8, 4) is 0 Å². The number of amides is 2. The smallest absolute Gasteiger partial charge is 0.317 e. The van der Waals surface area contributed by atoms with Gasteiger partial charge in [0, 0.05) is 25.3 Å². The van der Waals surface area contributed by atoms with E-state index in [0.29, 0.717) is 12.6 Å². The van der Waals surface area contributed by atoms with Crippen molar-refractivity contribution in [1.82, 2.24) is 10.2 Å². The topological polar surface area (TPSA) is 58.4 Å². The second kappa shape index (κ2) is 6.45. The number of para-hydroxylation sites is 1. The number of anilines is 1. The minimum Gasteiger partial charge on any atom is -0.398 e. The quantitative estimate of drug-likeness (QED) is 0.822. The third-order valence-electron chi connectivity index (χ3n) is 3.74. The lowest BCUT2D eigenvalue weighted by Crippen LogP contribution is -2.43. The first-order valence-corrected chi connectivity index (χ1v) is 7.02. The first kappa shape index (κ1) is 13.7. The van der Waals surface area contributed by atoms with Crippen molar-refractivity contribution < 1.29 is 4.79 Å². The number of nitrogens with zero attached hydrogens (tertiary/aromatic N) is 1. The Morgan fingerprint density at radius 2 is 2.00 bits per heavy atom. The first-order chi connectivity index (χ1) is 9.16. The second-order valence-electron chi connectivity index (χ2n) is 5.34. The van der Waals surface area contributed by atoms with E-state index in [0.717, 1.165) is 24.1 Å². The summed E-state index contributed by atoms with van der Waals surface area (Å²) in [5.41, 5.74) is 7.62. The van der Waals surface area contributed by atoms with Gasteiger partial charge in [0.15, 0.2) is 0 Å². The SMILES string of the molecule is CN(Cc1ccccc1N)C(=O)NC1CCCCC1. The molecule has 0 unspecified atom stereocenters. The molecule has 0 aromatic heterocycles. The van der Waals surface area contributed by atoms with Gasteiger partial charge in [0.25, 0.3) is 0 Å². The summed E-state index contributed by atoms with van der Waals surface area (Å²) in [7, 11) is 1.81. The van der Waals surface area contributed by atoms with E-state index in [4.69, 9.17) is 5.73 Å². The van der Waals surface area contributed by atoms with Crippen LogP contribution in [0.2, 0.25) is 0 Å². The Balaban J connectivity index is 1.87. The van der Waals surface area contributed by atoms with E-state index in [1.165, 1.54) is 19.3 Å². The summed E-state index contributed by atoms with van der Waals surface area (Å²) in [5, 5.41) is 3.10. The number of nitrogens with two attached hydrogens (primary N) is 1. The maximum atomic E-state index is 12.1. The highest BCUT2D eigenvalue weighted by Crippen LogP contribution is 2.18. The fourth-order valence-corrected chi connectivity index (χ4v) is 2.54. The Morgan fingerprint density at radius 1 is 1.32 bits per heavy atom. The van der Waals surface area contributed by atoms with Crippen LogP contribution in [-0.2, 0) is 6.54 Å². The summed E-state index contributed by atoms with van der Waals surface area (Å²) in [4.78, 5) is 13.8. The zero-order chi connectivity index (χ0) is 13.7. The molecule has 1 aliphatic carbocycles. The van der Waals surface area contributed by atoms with Crippen molar-refractivity contribution in [2.75, 3.05) is 12.8 Å². The van der Waals surface area contributed by atoms with Crippen molar-refractivity contribution in [3.05, 3.63) is 29.8 Å². The molecule has 0 radical (unpaired) electrons. The molecule has 0 bridgehead atoms. The van der Waals surface area contributed by atoms with Crippen LogP contribution in [0.3, 0.4) is 0 Å². The number of urea groups is 1. The number of rotatable bonds is 3. The third-order valence-corrected chi connectivity index (χ3v) is 3.74. The van der Waals surface area contributed by atoms with Gasteiger partial charge < -0.3 is 16.0 Å². The first-order valence-electron chi connectivity index (χ1n) is 7.02. The molecule has 4 heteroatoms. The maximum Gasteiger partial charge on any atom is 0.317 e. The lowest BCUT2D eigenvalue weighted by molar-refractivity contribution is 0.199. The Bertz CT molecular complexity index is 427. The molecule has 4 nitrogen and oxygen atoms in total. The van der Waals surface area contributed by atoms with Gasteiger partial charge in [-0.2, -0.15) is 0 Å². The molecule has 2 rings (SSSR count). The Labute approximate surface area is 115 Å². The van der Waals surface area contributed by atoms with E-state index in [9.17, 15) is 4.79 Å². The molecule has 0 spiro atoms. The molecule has 104 valence electrons. The summed E-state index contributed by atoms with van der Waals surface area (Å²) >= 11 is 0. The zero-order valence-corrected chi connectivity index (χ0v) is 11.6. The molecular weight excluding hydrogens is 238 g/mol. The molecule has 0 heterocycles. The average Bonchev–Trinajstić information content (AvgIpc) is 2.42. The van der Waals surface area contributed by atoms with E-state index in [2.05, 4.69) is 5.32 Å². The fourth-order valence-electron chi connectivity index (χ4n) is 2.54. The van der Waals surface area contributed by atoms with Crippen molar-refractivity contribution >= 4 is 11.7 Å². The molecule has 1 fully saturated rings. The van der Waals surface area contributed by atoms with Crippen LogP contribution < -0.4 is 11.1 Å².